The molecule has 0 saturated carbocycles. The van der Waals surface area contributed by atoms with Gasteiger partial charge in [0.05, 0.1) is 24.2 Å². The van der Waals surface area contributed by atoms with Crippen molar-refractivity contribution in [3.63, 3.8) is 0 Å². The molecular weight excluding hydrogens is 504 g/mol. The molecule has 3 heterocycles. The number of aromatic nitrogens is 4. The molecule has 40 heavy (non-hydrogen) atoms. The first-order valence-electron chi connectivity index (χ1n) is 13.7. The summed E-state index contributed by atoms with van der Waals surface area (Å²) >= 11 is 0. The number of rotatable bonds is 9. The third-order valence-corrected chi connectivity index (χ3v) is 7.27. The van der Waals surface area contributed by atoms with Gasteiger partial charge in [-0.25, -0.2) is 9.97 Å². The van der Waals surface area contributed by atoms with Gasteiger partial charge >= 0.3 is 0 Å². The fraction of sp³-hybridized carbons (Fsp3) is 0.333. The van der Waals surface area contributed by atoms with Crippen molar-refractivity contribution in [1.29, 1.82) is 0 Å². The van der Waals surface area contributed by atoms with E-state index in [-0.39, 0.29) is 5.91 Å². The first kappa shape index (κ1) is 27.1. The van der Waals surface area contributed by atoms with Gasteiger partial charge in [-0.3, -0.25) is 9.89 Å². The zero-order valence-electron chi connectivity index (χ0n) is 23.5. The lowest BCUT2D eigenvalue weighted by Crippen LogP contribution is -2.44. The van der Waals surface area contributed by atoms with Gasteiger partial charge in [-0.2, -0.15) is 5.10 Å². The predicted molar refractivity (Wildman–Crippen MR) is 159 cm³/mol. The summed E-state index contributed by atoms with van der Waals surface area (Å²) in [6, 6.07) is 15.6. The Morgan fingerprint density at radius 3 is 2.42 bits per heavy atom. The Labute approximate surface area is 234 Å². The predicted octanol–water partition coefficient (Wildman–Crippen LogP) is 4.75. The van der Waals surface area contributed by atoms with Crippen molar-refractivity contribution in [3.05, 3.63) is 71.5 Å². The van der Waals surface area contributed by atoms with Crippen LogP contribution in [0.4, 0.5) is 23.0 Å². The number of hydrogen-bond acceptors (Lipinski definition) is 8. The molecule has 1 saturated heterocycles. The van der Waals surface area contributed by atoms with Gasteiger partial charge in [0, 0.05) is 38.1 Å². The molecule has 1 amide bonds. The number of para-hydroxylation sites is 2. The molecule has 3 N–H and O–H groups in total. The second-order valence-corrected chi connectivity index (χ2v) is 9.82. The molecular formula is C30H36N8O2. The van der Waals surface area contributed by atoms with E-state index in [9.17, 15) is 4.79 Å². The summed E-state index contributed by atoms with van der Waals surface area (Å²) in [5.74, 6) is 0.913. The van der Waals surface area contributed by atoms with Crippen molar-refractivity contribution in [1.82, 2.24) is 25.1 Å². The number of carbonyl (C=O) groups is 1. The number of amides is 1. The summed E-state index contributed by atoms with van der Waals surface area (Å²) in [7, 11) is 3.81. The molecule has 1 aliphatic heterocycles. The lowest BCUT2D eigenvalue weighted by Gasteiger charge is -2.35. The Morgan fingerprint density at radius 2 is 1.73 bits per heavy atom. The SMILES string of the molecule is CCc1cccc(CC)c1NC(=O)c1cc(-c2ccnc(Nc3cccc(N4CCN(C)CC4)c3OC)n2)n[nH]1. The number of hydrogen-bond donors (Lipinski definition) is 3. The zero-order chi connectivity index (χ0) is 28.1. The minimum atomic E-state index is -0.243. The Morgan fingerprint density at radius 1 is 1.00 bits per heavy atom. The van der Waals surface area contributed by atoms with Gasteiger partial charge in [0.15, 0.2) is 5.75 Å². The summed E-state index contributed by atoms with van der Waals surface area (Å²) in [6.45, 7) is 8.03. The number of H-pyrrole nitrogens is 1. The molecule has 0 spiro atoms. The number of aryl methyl sites for hydroxylation is 2. The molecule has 10 nitrogen and oxygen atoms in total. The molecule has 1 aliphatic rings. The van der Waals surface area contributed by atoms with E-state index in [0.717, 1.165) is 73.0 Å². The van der Waals surface area contributed by atoms with E-state index in [1.54, 1.807) is 25.4 Å². The minimum Gasteiger partial charge on any atom is -0.492 e. The molecule has 0 bridgehead atoms. The van der Waals surface area contributed by atoms with E-state index in [0.29, 0.717) is 23.0 Å². The van der Waals surface area contributed by atoms with E-state index in [1.165, 1.54) is 0 Å². The van der Waals surface area contributed by atoms with Crippen LogP contribution in [0.25, 0.3) is 11.4 Å². The summed E-state index contributed by atoms with van der Waals surface area (Å²) in [6.07, 6.45) is 3.33. The molecule has 208 valence electrons. The quantitative estimate of drug-likeness (QED) is 0.279. The Balaban J connectivity index is 1.34. The molecule has 10 heteroatoms. The van der Waals surface area contributed by atoms with E-state index in [2.05, 4.69) is 67.6 Å². The normalized spacial score (nSPS) is 13.8. The van der Waals surface area contributed by atoms with E-state index in [4.69, 9.17) is 4.74 Å². The number of aromatic amines is 1. The molecule has 0 atom stereocenters. The maximum Gasteiger partial charge on any atom is 0.273 e. The smallest absolute Gasteiger partial charge is 0.273 e. The average molecular weight is 541 g/mol. The van der Waals surface area contributed by atoms with Gasteiger partial charge in [0.25, 0.3) is 5.91 Å². The van der Waals surface area contributed by atoms with Crippen LogP contribution in [0.15, 0.2) is 54.7 Å². The van der Waals surface area contributed by atoms with Crippen molar-refractivity contribution in [2.45, 2.75) is 26.7 Å². The third-order valence-electron chi connectivity index (χ3n) is 7.27. The molecule has 0 unspecified atom stereocenters. The number of piperazine rings is 1. The number of methoxy groups -OCH3 is 1. The number of likely N-dealkylation sites (N-methyl/N-ethyl adjacent to an activating group) is 1. The van der Waals surface area contributed by atoms with E-state index < -0.39 is 0 Å². The number of ether oxygens (including phenoxy) is 1. The van der Waals surface area contributed by atoms with Crippen LogP contribution < -0.4 is 20.3 Å². The number of carbonyl (C=O) groups excluding carboxylic acids is 1. The molecule has 0 radical (unpaired) electrons. The van der Waals surface area contributed by atoms with Crippen LogP contribution in [0.3, 0.4) is 0 Å². The van der Waals surface area contributed by atoms with Gasteiger partial charge in [-0.05, 0) is 55.3 Å². The summed E-state index contributed by atoms with van der Waals surface area (Å²) in [5, 5.41) is 13.6. The molecule has 1 fully saturated rings. The molecule has 0 aliphatic carbocycles. The molecule has 4 aromatic rings. The Bertz CT molecular complexity index is 1450. The first-order valence-corrected chi connectivity index (χ1v) is 13.7. The molecule has 2 aromatic heterocycles. The Kier molecular flexibility index (Phi) is 8.26. The monoisotopic (exact) mass is 540 g/mol. The lowest BCUT2D eigenvalue weighted by molar-refractivity contribution is 0.102. The van der Waals surface area contributed by atoms with Crippen LogP contribution in [0, 0.1) is 0 Å². The minimum absolute atomic E-state index is 0.243. The van der Waals surface area contributed by atoms with E-state index in [1.807, 2.05) is 30.3 Å². The summed E-state index contributed by atoms with van der Waals surface area (Å²) in [4.78, 5) is 26.8. The van der Waals surface area contributed by atoms with Crippen LogP contribution >= 0.6 is 0 Å². The van der Waals surface area contributed by atoms with Gasteiger partial charge in [-0.1, -0.05) is 38.1 Å². The Hall–Kier alpha value is -4.44. The number of nitrogens with zero attached hydrogens (tertiary/aromatic N) is 5. The fourth-order valence-corrected chi connectivity index (χ4v) is 4.97. The highest BCUT2D eigenvalue weighted by molar-refractivity contribution is 6.04. The highest BCUT2D eigenvalue weighted by atomic mass is 16.5. The average Bonchev–Trinajstić information content (AvgIpc) is 3.48. The zero-order valence-corrected chi connectivity index (χ0v) is 23.5. The largest absolute Gasteiger partial charge is 0.492 e. The summed E-state index contributed by atoms with van der Waals surface area (Å²) in [5.41, 5.74) is 6.39. The second-order valence-electron chi connectivity index (χ2n) is 9.82. The first-order chi connectivity index (χ1) is 19.5. The highest BCUT2D eigenvalue weighted by Crippen LogP contribution is 2.37. The summed E-state index contributed by atoms with van der Waals surface area (Å²) < 4.78 is 5.82. The standard InChI is InChI=1S/C30H36N8O2/c1-5-20-9-7-10-21(6-2)27(20)34-29(39)25-19-24(35-36-25)22-13-14-31-30(32-22)33-23-11-8-12-26(28(23)40-4)38-17-15-37(3)16-18-38/h7-14,19H,5-6,15-18H2,1-4H3,(H,34,39)(H,35,36)(H,31,32,33). The van der Waals surface area contributed by atoms with Gasteiger partial charge in [-0.15, -0.1) is 0 Å². The van der Waals surface area contributed by atoms with Gasteiger partial charge in [0.1, 0.15) is 11.4 Å². The van der Waals surface area contributed by atoms with Crippen LogP contribution in [0.5, 0.6) is 5.75 Å². The maximum absolute atomic E-state index is 13.1. The van der Waals surface area contributed by atoms with Crippen molar-refractivity contribution >= 4 is 28.9 Å². The van der Waals surface area contributed by atoms with Crippen LogP contribution in [0.2, 0.25) is 0 Å². The van der Waals surface area contributed by atoms with Crippen molar-refractivity contribution in [2.24, 2.45) is 0 Å². The van der Waals surface area contributed by atoms with Crippen LogP contribution in [-0.2, 0) is 12.8 Å². The van der Waals surface area contributed by atoms with Crippen molar-refractivity contribution < 1.29 is 9.53 Å². The fourth-order valence-electron chi connectivity index (χ4n) is 4.97. The topological polar surface area (TPSA) is 111 Å². The van der Waals surface area contributed by atoms with Gasteiger partial charge in [0.2, 0.25) is 5.95 Å². The van der Waals surface area contributed by atoms with E-state index >= 15 is 0 Å². The molecule has 2 aromatic carbocycles. The lowest BCUT2D eigenvalue weighted by atomic mass is 10.0. The number of nitrogens with one attached hydrogen (secondary N) is 3. The third kappa shape index (κ3) is 5.76. The molecule has 5 rings (SSSR count). The second kappa shape index (κ2) is 12.2. The van der Waals surface area contributed by atoms with Crippen molar-refractivity contribution in [2.75, 3.05) is 55.9 Å². The highest BCUT2D eigenvalue weighted by Gasteiger charge is 2.20. The van der Waals surface area contributed by atoms with Crippen LogP contribution in [-0.4, -0.2) is 71.3 Å². The number of benzene rings is 2. The number of anilines is 4. The van der Waals surface area contributed by atoms with Crippen molar-refractivity contribution in [3.8, 4) is 17.1 Å². The van der Waals surface area contributed by atoms with Crippen LogP contribution in [0.1, 0.15) is 35.5 Å². The van der Waals surface area contributed by atoms with Gasteiger partial charge < -0.3 is 25.2 Å². The maximum atomic E-state index is 13.1.